The summed E-state index contributed by atoms with van der Waals surface area (Å²) >= 11 is 3.27. The molecule has 1 N–H and O–H groups in total. The zero-order valence-electron chi connectivity index (χ0n) is 10.7. The molecule has 1 aliphatic rings. The van der Waals surface area contributed by atoms with Crippen LogP contribution >= 0.6 is 15.9 Å². The average Bonchev–Trinajstić information content (AvgIpc) is 2.59. The summed E-state index contributed by atoms with van der Waals surface area (Å²) in [6.07, 6.45) is 0.502. The van der Waals surface area contributed by atoms with Crippen LogP contribution in [0.1, 0.15) is 12.0 Å². The number of likely N-dealkylation sites (tertiary alicyclic amines) is 1. The number of carbonyl (C=O) groups excluding carboxylic acids is 1. The van der Waals surface area contributed by atoms with Gasteiger partial charge >= 0.3 is 0 Å². The van der Waals surface area contributed by atoms with Crippen LogP contribution in [-0.2, 0) is 14.8 Å². The predicted molar refractivity (Wildman–Crippen MR) is 75.2 cm³/mol. The summed E-state index contributed by atoms with van der Waals surface area (Å²) < 4.78 is 27.6. The predicted octanol–water partition coefficient (Wildman–Crippen LogP) is 1.27. The van der Waals surface area contributed by atoms with E-state index < -0.39 is 16.1 Å². The minimum absolute atomic E-state index is 0.168. The summed E-state index contributed by atoms with van der Waals surface area (Å²) in [5, 5.41) is 0. The number of benzene rings is 1. The van der Waals surface area contributed by atoms with Gasteiger partial charge in [-0.15, -0.1) is 0 Å². The number of hydrogen-bond donors (Lipinski definition) is 1. The molecular weight excluding hydrogens is 332 g/mol. The number of nitrogens with zero attached hydrogens (tertiary/aromatic N) is 1. The van der Waals surface area contributed by atoms with Crippen molar-refractivity contribution in [2.45, 2.75) is 24.3 Å². The molecule has 0 aromatic heterocycles. The highest BCUT2D eigenvalue weighted by molar-refractivity contribution is 9.10. The maximum absolute atomic E-state index is 12.2. The Morgan fingerprint density at radius 1 is 1.37 bits per heavy atom. The molecule has 0 radical (unpaired) electrons. The number of rotatable bonds is 3. The quantitative estimate of drug-likeness (QED) is 0.896. The molecule has 104 valence electrons. The van der Waals surface area contributed by atoms with Crippen LogP contribution in [0.5, 0.6) is 0 Å². The van der Waals surface area contributed by atoms with Crippen molar-refractivity contribution in [3.05, 3.63) is 28.2 Å². The van der Waals surface area contributed by atoms with Gasteiger partial charge in [0.05, 0.1) is 4.90 Å². The fourth-order valence-electron chi connectivity index (χ4n) is 2.05. The third-order valence-corrected chi connectivity index (χ3v) is 4.96. The van der Waals surface area contributed by atoms with Gasteiger partial charge in [0.1, 0.15) is 6.04 Å². The van der Waals surface area contributed by atoms with Crippen molar-refractivity contribution >= 4 is 31.9 Å². The van der Waals surface area contributed by atoms with E-state index in [1.54, 1.807) is 13.1 Å². The Hall–Kier alpha value is -0.920. The van der Waals surface area contributed by atoms with E-state index in [0.717, 1.165) is 5.56 Å². The molecule has 0 spiro atoms. The largest absolute Gasteiger partial charge is 0.344 e. The first-order valence-corrected chi connectivity index (χ1v) is 8.12. The molecule has 1 heterocycles. The zero-order valence-corrected chi connectivity index (χ0v) is 13.1. The summed E-state index contributed by atoms with van der Waals surface area (Å²) in [7, 11) is -2.01. The van der Waals surface area contributed by atoms with E-state index in [1.165, 1.54) is 11.0 Å². The lowest BCUT2D eigenvalue weighted by Crippen LogP contribution is -2.40. The normalized spacial score (nSPS) is 20.1. The maximum atomic E-state index is 12.2. The van der Waals surface area contributed by atoms with E-state index in [4.69, 9.17) is 0 Å². The standard InChI is InChI=1S/C12H15BrN2O3S/c1-8-5-9(13)7-10(6-8)19(17,18)14-11-3-4-15(2)12(11)16/h5-7,11,14H,3-4H2,1-2H3/t11-/m0/s1. The molecule has 0 aliphatic carbocycles. The second kappa shape index (κ2) is 5.22. The molecule has 0 unspecified atom stereocenters. The first-order valence-electron chi connectivity index (χ1n) is 5.84. The van der Waals surface area contributed by atoms with Crippen LogP contribution in [0.2, 0.25) is 0 Å². The van der Waals surface area contributed by atoms with Crippen LogP contribution in [0.15, 0.2) is 27.6 Å². The molecule has 1 aromatic carbocycles. The molecule has 19 heavy (non-hydrogen) atoms. The van der Waals surface area contributed by atoms with E-state index in [1.807, 2.05) is 13.0 Å². The Bertz CT molecular complexity index is 595. The number of carbonyl (C=O) groups is 1. The first-order chi connectivity index (χ1) is 8.79. The fraction of sp³-hybridized carbons (Fsp3) is 0.417. The van der Waals surface area contributed by atoms with E-state index >= 15 is 0 Å². The lowest BCUT2D eigenvalue weighted by Gasteiger charge is -2.13. The average molecular weight is 347 g/mol. The van der Waals surface area contributed by atoms with Gasteiger partial charge in [-0.25, -0.2) is 8.42 Å². The van der Waals surface area contributed by atoms with E-state index in [9.17, 15) is 13.2 Å². The number of halogens is 1. The van der Waals surface area contributed by atoms with Gasteiger partial charge in [-0.3, -0.25) is 4.79 Å². The van der Waals surface area contributed by atoms with Gasteiger partial charge in [0, 0.05) is 18.1 Å². The first kappa shape index (κ1) is 14.5. The summed E-state index contributed by atoms with van der Waals surface area (Å²) in [6.45, 7) is 2.39. The molecule has 2 rings (SSSR count). The molecule has 1 aliphatic heterocycles. The van der Waals surface area contributed by atoms with Gasteiger partial charge in [-0.1, -0.05) is 15.9 Å². The third kappa shape index (κ3) is 3.16. The summed E-state index contributed by atoms with van der Waals surface area (Å²) in [6, 6.07) is 4.27. The minimum atomic E-state index is -3.67. The van der Waals surface area contributed by atoms with Crippen molar-refractivity contribution < 1.29 is 13.2 Å². The van der Waals surface area contributed by atoms with Gasteiger partial charge in [0.2, 0.25) is 15.9 Å². The zero-order chi connectivity index (χ0) is 14.2. The lowest BCUT2D eigenvalue weighted by molar-refractivity contribution is -0.127. The molecule has 1 fully saturated rings. The van der Waals surface area contributed by atoms with Crippen molar-refractivity contribution in [3.63, 3.8) is 0 Å². The maximum Gasteiger partial charge on any atom is 0.241 e. The van der Waals surface area contributed by atoms with Crippen LogP contribution < -0.4 is 4.72 Å². The Labute approximate surface area is 121 Å². The topological polar surface area (TPSA) is 66.5 Å². The van der Waals surface area contributed by atoms with Gasteiger partial charge in [-0.2, -0.15) is 4.72 Å². The molecule has 7 heteroatoms. The van der Waals surface area contributed by atoms with Crippen LogP contribution in [0.25, 0.3) is 0 Å². The summed E-state index contributed by atoms with van der Waals surface area (Å²) in [5.74, 6) is -0.185. The molecule has 5 nitrogen and oxygen atoms in total. The highest BCUT2D eigenvalue weighted by Gasteiger charge is 2.32. The van der Waals surface area contributed by atoms with Crippen molar-refractivity contribution in [2.24, 2.45) is 0 Å². The summed E-state index contributed by atoms with van der Waals surface area (Å²) in [4.78, 5) is 13.4. The Balaban J connectivity index is 2.26. The molecular formula is C12H15BrN2O3S. The second-order valence-electron chi connectivity index (χ2n) is 4.69. The van der Waals surface area contributed by atoms with Crippen LogP contribution in [0.3, 0.4) is 0 Å². The molecule has 1 aromatic rings. The summed E-state index contributed by atoms with van der Waals surface area (Å²) in [5.41, 5.74) is 0.838. The van der Waals surface area contributed by atoms with E-state index in [-0.39, 0.29) is 10.8 Å². The molecule has 1 amide bonds. The number of sulfonamides is 1. The number of nitrogens with one attached hydrogen (secondary N) is 1. The lowest BCUT2D eigenvalue weighted by atomic mass is 10.2. The monoisotopic (exact) mass is 346 g/mol. The number of hydrogen-bond acceptors (Lipinski definition) is 3. The molecule has 0 saturated carbocycles. The van der Waals surface area contributed by atoms with Crippen LogP contribution in [0, 0.1) is 6.92 Å². The fourth-order valence-corrected chi connectivity index (χ4v) is 4.16. The Morgan fingerprint density at radius 3 is 2.58 bits per heavy atom. The minimum Gasteiger partial charge on any atom is -0.344 e. The second-order valence-corrected chi connectivity index (χ2v) is 7.32. The van der Waals surface area contributed by atoms with Crippen molar-refractivity contribution in [1.29, 1.82) is 0 Å². The number of amides is 1. The highest BCUT2D eigenvalue weighted by atomic mass is 79.9. The van der Waals surface area contributed by atoms with Crippen molar-refractivity contribution in [2.75, 3.05) is 13.6 Å². The number of likely N-dealkylation sites (N-methyl/N-ethyl adjacent to an activating group) is 1. The third-order valence-electron chi connectivity index (χ3n) is 3.05. The Kier molecular flexibility index (Phi) is 3.98. The molecule has 1 atom stereocenters. The molecule has 1 saturated heterocycles. The van der Waals surface area contributed by atoms with E-state index in [2.05, 4.69) is 20.7 Å². The molecule has 0 bridgehead atoms. The van der Waals surface area contributed by atoms with Crippen molar-refractivity contribution in [3.8, 4) is 0 Å². The number of aryl methyl sites for hydroxylation is 1. The van der Waals surface area contributed by atoms with Crippen LogP contribution in [-0.4, -0.2) is 38.9 Å². The van der Waals surface area contributed by atoms with E-state index in [0.29, 0.717) is 17.4 Å². The van der Waals surface area contributed by atoms with Gasteiger partial charge in [0.15, 0.2) is 0 Å². The van der Waals surface area contributed by atoms with Gasteiger partial charge in [-0.05, 0) is 37.1 Å². The van der Waals surface area contributed by atoms with Gasteiger partial charge < -0.3 is 4.90 Å². The van der Waals surface area contributed by atoms with Crippen LogP contribution in [0.4, 0.5) is 0 Å². The Morgan fingerprint density at radius 2 is 2.05 bits per heavy atom. The smallest absolute Gasteiger partial charge is 0.241 e. The van der Waals surface area contributed by atoms with Gasteiger partial charge in [0.25, 0.3) is 0 Å². The van der Waals surface area contributed by atoms with Crippen molar-refractivity contribution in [1.82, 2.24) is 9.62 Å². The highest BCUT2D eigenvalue weighted by Crippen LogP contribution is 2.20. The SMILES string of the molecule is Cc1cc(Br)cc(S(=O)(=O)N[C@H]2CCN(C)C2=O)c1.